The average molecular weight is 748 g/mol. The molecule has 12 nitrogen and oxygen atoms in total. The van der Waals surface area contributed by atoms with Gasteiger partial charge < -0.3 is 10.2 Å². The molecule has 4 aliphatic heterocycles. The van der Waals surface area contributed by atoms with Crippen LogP contribution in [0.25, 0.3) is 0 Å². The predicted molar refractivity (Wildman–Crippen MR) is 203 cm³/mol. The van der Waals surface area contributed by atoms with Gasteiger partial charge in [0.1, 0.15) is 17.9 Å². The lowest BCUT2D eigenvalue weighted by atomic mass is 9.89. The highest BCUT2D eigenvalue weighted by Crippen LogP contribution is 2.52. The van der Waals surface area contributed by atoms with Crippen molar-refractivity contribution in [3.63, 3.8) is 0 Å². The Labute approximate surface area is 316 Å². The lowest BCUT2D eigenvalue weighted by molar-refractivity contribution is -0.136. The lowest BCUT2D eigenvalue weighted by Gasteiger charge is -2.29. The average Bonchev–Trinajstić information content (AvgIpc) is 3.90. The number of fused-ring (bicyclic) bond motifs is 4. The fraction of sp³-hybridized carbons (Fsp3) is 0.359. The summed E-state index contributed by atoms with van der Waals surface area (Å²) in [4.78, 5) is 45.0. The molecule has 0 aliphatic carbocycles. The van der Waals surface area contributed by atoms with Gasteiger partial charge in [-0.15, -0.1) is 10.2 Å². The van der Waals surface area contributed by atoms with E-state index < -0.39 is 11.9 Å². The summed E-state index contributed by atoms with van der Waals surface area (Å²) < 4.78 is 4.14. The van der Waals surface area contributed by atoms with Crippen LogP contribution in [0.5, 0.6) is 0 Å². The largest absolute Gasteiger partial charge is 0.385 e. The van der Waals surface area contributed by atoms with Crippen LogP contribution in [0.15, 0.2) is 70.3 Å². The van der Waals surface area contributed by atoms with Gasteiger partial charge in [0.25, 0.3) is 5.91 Å². The Bertz CT molecular complexity index is 2260. The fourth-order valence-electron chi connectivity index (χ4n) is 7.57. The van der Waals surface area contributed by atoms with Gasteiger partial charge in [0.05, 0.1) is 33.7 Å². The van der Waals surface area contributed by atoms with Crippen molar-refractivity contribution < 1.29 is 14.4 Å². The molecule has 3 unspecified atom stereocenters. The van der Waals surface area contributed by atoms with Crippen molar-refractivity contribution in [3.05, 3.63) is 104 Å². The molecule has 4 atom stereocenters. The van der Waals surface area contributed by atoms with Gasteiger partial charge in [-0.05, 0) is 75.4 Å². The van der Waals surface area contributed by atoms with Crippen molar-refractivity contribution in [2.75, 3.05) is 11.9 Å². The summed E-state index contributed by atoms with van der Waals surface area (Å²) in [5, 5.41) is 20.0. The Hall–Kier alpha value is -5.19. The van der Waals surface area contributed by atoms with E-state index in [1.54, 1.807) is 22.7 Å². The number of nitrogens with one attached hydrogen (secondary N) is 2. The Balaban J connectivity index is 0.897. The number of halogens is 1. The number of carbonyl (C=O) groups is 3. The van der Waals surface area contributed by atoms with Crippen LogP contribution in [-0.2, 0) is 22.7 Å². The van der Waals surface area contributed by atoms with Gasteiger partial charge in [0.15, 0.2) is 5.82 Å². The zero-order chi connectivity index (χ0) is 36.8. The summed E-state index contributed by atoms with van der Waals surface area (Å²) in [5.41, 5.74) is 6.45. The van der Waals surface area contributed by atoms with Crippen LogP contribution >= 0.6 is 23.4 Å². The molecule has 8 rings (SSSR count). The molecule has 2 aromatic heterocycles. The van der Waals surface area contributed by atoms with Crippen molar-refractivity contribution in [2.24, 2.45) is 10.9 Å². The minimum absolute atomic E-state index is 0.00159. The maximum atomic E-state index is 13.1. The lowest BCUT2D eigenvalue weighted by Crippen LogP contribution is -2.52. The van der Waals surface area contributed by atoms with Crippen LogP contribution in [0.2, 0.25) is 5.02 Å². The molecule has 2 N–H and O–H groups in total. The normalized spacial score (nSPS) is 22.1. The minimum atomic E-state index is -0.630. The van der Waals surface area contributed by atoms with Crippen molar-refractivity contribution >= 4 is 52.5 Å². The first-order valence-corrected chi connectivity index (χ1v) is 19.1. The number of benzene rings is 2. The minimum Gasteiger partial charge on any atom is -0.385 e. The number of anilines is 1. The first kappa shape index (κ1) is 34.9. The molecule has 0 saturated carbocycles. The molecule has 4 aliphatic rings. The summed E-state index contributed by atoms with van der Waals surface area (Å²) in [7, 11) is 0. The third-order valence-corrected chi connectivity index (χ3v) is 11.9. The third kappa shape index (κ3) is 6.66. The van der Waals surface area contributed by atoms with E-state index in [1.165, 1.54) is 5.57 Å². The first-order valence-electron chi connectivity index (χ1n) is 17.8. The van der Waals surface area contributed by atoms with E-state index in [4.69, 9.17) is 16.6 Å². The first-order chi connectivity index (χ1) is 25.7. The molecule has 1 fully saturated rings. The number of rotatable bonds is 8. The van der Waals surface area contributed by atoms with Gasteiger partial charge in [0.2, 0.25) is 11.8 Å². The molecule has 0 spiro atoms. The monoisotopic (exact) mass is 747 g/mol. The number of nitrogens with zero attached hydrogens (tertiary/aromatic N) is 7. The molecule has 3 amide bonds. The standard InChI is InChI=1S/C39H38ClN9O3S/c1-22-32(53-39-34(22)35(26-10-12-27(40)13-11-26)43-23(2)36-46-45-24(3)49(36)39)15-9-25-19-42-47(20-25)18-5-4-17-41-30-8-6-7-28-29(30)21-48(38(28)52)31-14-16-33(50)44-37(31)51/h6-8,10-13,19-20,23,31,34,39,41H,4-5,14,16-18,21H2,1-3H3,(H,44,50,51)/t23-,31?,34?,39?/m0/s1. The highest BCUT2D eigenvalue weighted by molar-refractivity contribution is 8.03. The summed E-state index contributed by atoms with van der Waals surface area (Å²) in [5.74, 6) is 7.65. The molecule has 0 bridgehead atoms. The second-order valence-electron chi connectivity index (χ2n) is 13.8. The van der Waals surface area contributed by atoms with E-state index in [0.29, 0.717) is 23.6 Å². The van der Waals surface area contributed by atoms with Crippen molar-refractivity contribution in [1.29, 1.82) is 0 Å². The van der Waals surface area contributed by atoms with Crippen LogP contribution < -0.4 is 10.6 Å². The van der Waals surface area contributed by atoms with Crippen molar-refractivity contribution in [3.8, 4) is 11.8 Å². The smallest absolute Gasteiger partial charge is 0.255 e. The SMILES string of the molecule is CC1=C(C#Cc2cnn(CCCCNc3cccc4c3CN(C3CCC(=O)NC3=O)C4=O)c2)SC2C1C(c1ccc(Cl)cc1)=N[C@@H](C)c1nnc(C)n12. The predicted octanol–water partition coefficient (Wildman–Crippen LogP) is 5.84. The molecule has 1 saturated heterocycles. The number of unbranched alkanes of at least 4 members (excludes halogenated alkanes) is 1. The number of imide groups is 1. The summed E-state index contributed by atoms with van der Waals surface area (Å²) in [6, 6.07) is 12.7. The number of thioether (sulfide) groups is 1. The molecule has 4 aromatic rings. The van der Waals surface area contributed by atoms with E-state index in [-0.39, 0.29) is 35.6 Å². The number of carbonyl (C=O) groups excluding carboxylic acids is 3. The Morgan fingerprint density at radius 1 is 1.06 bits per heavy atom. The maximum Gasteiger partial charge on any atom is 0.255 e. The van der Waals surface area contributed by atoms with Gasteiger partial charge in [-0.2, -0.15) is 5.10 Å². The maximum absolute atomic E-state index is 13.1. The molecule has 6 heterocycles. The number of hydrogen-bond acceptors (Lipinski definition) is 9. The van der Waals surface area contributed by atoms with Gasteiger partial charge in [-0.1, -0.05) is 53.4 Å². The highest BCUT2D eigenvalue weighted by atomic mass is 35.5. The Kier molecular flexibility index (Phi) is 9.43. The molecule has 0 radical (unpaired) electrons. The van der Waals surface area contributed by atoms with Gasteiger partial charge in [-0.25, -0.2) is 0 Å². The van der Waals surface area contributed by atoms with Crippen LogP contribution in [0.3, 0.4) is 0 Å². The number of aromatic nitrogens is 5. The molecule has 270 valence electrons. The summed E-state index contributed by atoms with van der Waals surface area (Å²) >= 11 is 7.97. The van der Waals surface area contributed by atoms with Gasteiger partial charge in [0, 0.05) is 54.1 Å². The topological polar surface area (TPSA) is 139 Å². The van der Waals surface area contributed by atoms with Crippen LogP contribution in [0.1, 0.15) is 89.6 Å². The van der Waals surface area contributed by atoms with E-state index in [1.807, 2.05) is 60.4 Å². The molecule has 14 heteroatoms. The number of aryl methyl sites for hydroxylation is 2. The second kappa shape index (κ2) is 14.3. The molecular formula is C39H38ClN9O3S. The quantitative estimate of drug-likeness (QED) is 0.130. The van der Waals surface area contributed by atoms with Crippen molar-refractivity contribution in [2.45, 2.75) is 77.0 Å². The van der Waals surface area contributed by atoms with Crippen LogP contribution in [0, 0.1) is 24.7 Å². The van der Waals surface area contributed by atoms with Crippen LogP contribution in [0.4, 0.5) is 5.69 Å². The van der Waals surface area contributed by atoms with E-state index in [2.05, 4.69) is 56.2 Å². The molecular weight excluding hydrogens is 710 g/mol. The fourth-order valence-corrected chi connectivity index (χ4v) is 9.19. The number of allylic oxidation sites excluding steroid dienone is 2. The van der Waals surface area contributed by atoms with Gasteiger partial charge in [-0.3, -0.25) is 33.9 Å². The van der Waals surface area contributed by atoms with Gasteiger partial charge >= 0.3 is 0 Å². The van der Waals surface area contributed by atoms with E-state index >= 15 is 0 Å². The van der Waals surface area contributed by atoms with Crippen LogP contribution in [-0.4, -0.2) is 65.5 Å². The number of amides is 3. The number of piperidine rings is 1. The third-order valence-electron chi connectivity index (χ3n) is 10.3. The summed E-state index contributed by atoms with van der Waals surface area (Å²) in [6.45, 7) is 8.01. The zero-order valence-electron chi connectivity index (χ0n) is 29.6. The Morgan fingerprint density at radius 3 is 2.70 bits per heavy atom. The van der Waals surface area contributed by atoms with E-state index in [9.17, 15) is 14.4 Å². The van der Waals surface area contributed by atoms with E-state index in [0.717, 1.165) is 70.6 Å². The highest BCUT2D eigenvalue weighted by Gasteiger charge is 2.43. The zero-order valence-corrected chi connectivity index (χ0v) is 31.2. The Morgan fingerprint density at radius 2 is 1.89 bits per heavy atom. The second-order valence-corrected chi connectivity index (χ2v) is 15.3. The van der Waals surface area contributed by atoms with Crippen molar-refractivity contribution in [1.82, 2.24) is 34.8 Å². The number of aliphatic imine (C=N–C) groups is 1. The number of hydrogen-bond donors (Lipinski definition) is 2. The summed E-state index contributed by atoms with van der Waals surface area (Å²) in [6.07, 6.45) is 6.15. The molecule has 53 heavy (non-hydrogen) atoms. The molecule has 2 aromatic carbocycles.